The molecule has 0 aliphatic heterocycles. The number of halogens is 2. The topological polar surface area (TPSA) is 115 Å². The summed E-state index contributed by atoms with van der Waals surface area (Å²) in [5, 5.41) is 15.4. The van der Waals surface area contributed by atoms with E-state index in [1.54, 1.807) is 42.7 Å². The molecule has 206 valence electrons. The van der Waals surface area contributed by atoms with Gasteiger partial charge in [0.15, 0.2) is 11.0 Å². The molecule has 3 aromatic carbocycles. The van der Waals surface area contributed by atoms with Crippen molar-refractivity contribution in [1.29, 1.82) is 0 Å². The maximum absolute atomic E-state index is 12.8. The van der Waals surface area contributed by atoms with Crippen LogP contribution in [0, 0.1) is 0 Å². The molecule has 0 aliphatic rings. The summed E-state index contributed by atoms with van der Waals surface area (Å²) in [4.78, 5) is 37.7. The van der Waals surface area contributed by atoms with Crippen LogP contribution in [0.25, 0.3) is 5.69 Å². The van der Waals surface area contributed by atoms with E-state index >= 15 is 0 Å². The summed E-state index contributed by atoms with van der Waals surface area (Å²) in [6.45, 7) is 3.60. The fourth-order valence-electron chi connectivity index (χ4n) is 3.55. The van der Waals surface area contributed by atoms with Crippen LogP contribution in [0.15, 0.2) is 78.0 Å². The first-order valence-corrected chi connectivity index (χ1v) is 13.9. The maximum Gasteiger partial charge on any atom is 0.338 e. The second-order valence-electron chi connectivity index (χ2n) is 8.74. The van der Waals surface area contributed by atoms with Crippen molar-refractivity contribution in [3.05, 3.63) is 99.8 Å². The fourth-order valence-corrected chi connectivity index (χ4v) is 4.62. The zero-order valence-electron chi connectivity index (χ0n) is 21.6. The summed E-state index contributed by atoms with van der Waals surface area (Å²) in [5.74, 6) is -0.691. The van der Waals surface area contributed by atoms with Gasteiger partial charge in [-0.1, -0.05) is 53.2 Å². The molecule has 40 heavy (non-hydrogen) atoms. The molecule has 0 aliphatic carbocycles. The Bertz CT molecular complexity index is 1510. The molecule has 2 N–H and O–H groups in total. The van der Waals surface area contributed by atoms with Crippen LogP contribution in [0.1, 0.15) is 40.4 Å². The Morgan fingerprint density at radius 3 is 2.35 bits per heavy atom. The van der Waals surface area contributed by atoms with Crippen LogP contribution in [0.5, 0.6) is 0 Å². The average Bonchev–Trinajstić information content (AvgIpc) is 3.35. The summed E-state index contributed by atoms with van der Waals surface area (Å²) >= 11 is 13.3. The van der Waals surface area contributed by atoms with Crippen LogP contribution in [0.3, 0.4) is 0 Å². The normalized spacial score (nSPS) is 10.8. The zero-order chi connectivity index (χ0) is 28.6. The van der Waals surface area contributed by atoms with Crippen LogP contribution in [0.4, 0.5) is 5.69 Å². The maximum atomic E-state index is 12.8. The molecule has 1 aromatic heterocycles. The Morgan fingerprint density at radius 1 is 0.950 bits per heavy atom. The van der Waals surface area contributed by atoms with Crippen molar-refractivity contribution in [3.8, 4) is 5.69 Å². The number of benzene rings is 3. The lowest BCUT2D eigenvalue weighted by molar-refractivity contribution is -0.113. The highest BCUT2D eigenvalue weighted by molar-refractivity contribution is 7.99. The van der Waals surface area contributed by atoms with E-state index in [1.807, 2.05) is 30.3 Å². The number of thioether (sulfide) groups is 1. The second kappa shape index (κ2) is 13.5. The minimum Gasteiger partial charge on any atom is -0.459 e. The molecule has 9 nitrogen and oxygen atoms in total. The van der Waals surface area contributed by atoms with Crippen LogP contribution >= 0.6 is 35.0 Å². The van der Waals surface area contributed by atoms with E-state index in [0.29, 0.717) is 27.3 Å². The van der Waals surface area contributed by atoms with E-state index < -0.39 is 5.97 Å². The third kappa shape index (κ3) is 7.62. The molecule has 0 saturated carbocycles. The number of amides is 2. The number of rotatable bonds is 10. The number of anilines is 1. The number of aromatic nitrogens is 3. The highest BCUT2D eigenvalue weighted by atomic mass is 35.5. The van der Waals surface area contributed by atoms with Gasteiger partial charge in [0.25, 0.3) is 5.91 Å². The second-order valence-corrected chi connectivity index (χ2v) is 10.5. The lowest BCUT2D eigenvalue weighted by Gasteiger charge is -2.12. The van der Waals surface area contributed by atoms with Crippen molar-refractivity contribution in [1.82, 2.24) is 20.1 Å². The van der Waals surface area contributed by atoms with Gasteiger partial charge in [-0.3, -0.25) is 14.2 Å². The van der Waals surface area contributed by atoms with E-state index in [1.165, 1.54) is 18.2 Å². The Hall–Kier alpha value is -3.86. The highest BCUT2D eigenvalue weighted by Crippen LogP contribution is 2.26. The van der Waals surface area contributed by atoms with Crippen molar-refractivity contribution in [2.75, 3.05) is 11.1 Å². The van der Waals surface area contributed by atoms with Crippen molar-refractivity contribution in [3.63, 3.8) is 0 Å². The number of ether oxygens (including phenoxy) is 1. The quantitative estimate of drug-likeness (QED) is 0.175. The summed E-state index contributed by atoms with van der Waals surface area (Å²) < 4.78 is 6.99. The Morgan fingerprint density at radius 2 is 1.65 bits per heavy atom. The van der Waals surface area contributed by atoms with Crippen LogP contribution in [-0.2, 0) is 16.1 Å². The number of hydrogen-bond acceptors (Lipinski definition) is 7. The molecule has 2 amide bonds. The molecule has 4 rings (SSSR count). The van der Waals surface area contributed by atoms with Crippen LogP contribution in [-0.4, -0.2) is 44.4 Å². The molecule has 0 fully saturated rings. The molecule has 1 heterocycles. The first kappa shape index (κ1) is 29.1. The molecule has 0 atom stereocenters. The highest BCUT2D eigenvalue weighted by Gasteiger charge is 2.18. The minimum atomic E-state index is -0.511. The zero-order valence-corrected chi connectivity index (χ0v) is 23.9. The smallest absolute Gasteiger partial charge is 0.338 e. The molecule has 4 aromatic rings. The SMILES string of the molecule is CC(C)OC(=O)c1ccc(Cl)c(NC(=O)CSc2nnc(CNC(=O)c3ccc(Cl)cc3)n2-c2ccccc2)c1. The largest absolute Gasteiger partial charge is 0.459 e. The van der Waals surface area contributed by atoms with E-state index in [9.17, 15) is 14.4 Å². The lowest BCUT2D eigenvalue weighted by atomic mass is 10.2. The first-order valence-electron chi connectivity index (χ1n) is 12.2. The molecule has 0 saturated heterocycles. The van der Waals surface area contributed by atoms with E-state index in [-0.39, 0.29) is 40.8 Å². The predicted molar refractivity (Wildman–Crippen MR) is 155 cm³/mol. The van der Waals surface area contributed by atoms with E-state index in [2.05, 4.69) is 20.8 Å². The molecule has 0 unspecified atom stereocenters. The molecule has 0 spiro atoms. The van der Waals surface area contributed by atoms with Gasteiger partial charge in [-0.25, -0.2) is 4.79 Å². The number of esters is 1. The number of para-hydroxylation sites is 1. The van der Waals surface area contributed by atoms with Gasteiger partial charge in [-0.05, 0) is 68.4 Å². The van der Waals surface area contributed by atoms with Gasteiger partial charge in [0.05, 0.1) is 34.7 Å². The molecule has 0 bridgehead atoms. The van der Waals surface area contributed by atoms with Crippen molar-refractivity contribution in [2.24, 2.45) is 0 Å². The Balaban J connectivity index is 1.46. The number of nitrogens with one attached hydrogen (secondary N) is 2. The first-order chi connectivity index (χ1) is 19.2. The van der Waals surface area contributed by atoms with Crippen molar-refractivity contribution < 1.29 is 19.1 Å². The fraction of sp³-hybridized carbons (Fsp3) is 0.179. The standard InChI is InChI=1S/C28H25Cl2N5O4S/c1-17(2)39-27(38)19-10-13-22(30)23(14-19)32-25(36)16-40-28-34-33-24(35(28)21-6-4-3-5-7-21)15-31-26(37)18-8-11-20(29)12-9-18/h3-14,17H,15-16H2,1-2H3,(H,31,37)(H,32,36). The monoisotopic (exact) mass is 597 g/mol. The van der Waals surface area contributed by atoms with Gasteiger partial charge < -0.3 is 15.4 Å². The minimum absolute atomic E-state index is 0.0148. The third-order valence-electron chi connectivity index (χ3n) is 5.38. The number of hydrogen-bond donors (Lipinski definition) is 2. The van der Waals surface area contributed by atoms with Crippen LogP contribution in [0.2, 0.25) is 10.0 Å². The third-order valence-corrected chi connectivity index (χ3v) is 6.89. The number of carbonyl (C=O) groups excluding carboxylic acids is 3. The summed E-state index contributed by atoms with van der Waals surface area (Å²) in [7, 11) is 0. The van der Waals surface area contributed by atoms with E-state index in [0.717, 1.165) is 17.4 Å². The van der Waals surface area contributed by atoms with Gasteiger partial charge in [-0.2, -0.15) is 0 Å². The molecular weight excluding hydrogens is 573 g/mol. The number of carbonyl (C=O) groups is 3. The number of nitrogens with zero attached hydrogens (tertiary/aromatic N) is 3. The Kier molecular flexibility index (Phi) is 9.81. The summed E-state index contributed by atoms with van der Waals surface area (Å²) in [6, 6.07) is 20.5. The lowest BCUT2D eigenvalue weighted by Crippen LogP contribution is -2.24. The molecule has 12 heteroatoms. The van der Waals surface area contributed by atoms with Gasteiger partial charge >= 0.3 is 5.97 Å². The average molecular weight is 599 g/mol. The van der Waals surface area contributed by atoms with Gasteiger partial charge in [0.1, 0.15) is 0 Å². The van der Waals surface area contributed by atoms with E-state index in [4.69, 9.17) is 27.9 Å². The summed E-state index contributed by atoms with van der Waals surface area (Å²) in [5.41, 5.74) is 1.79. The van der Waals surface area contributed by atoms with Crippen molar-refractivity contribution in [2.45, 2.75) is 31.7 Å². The molecular formula is C28H25Cl2N5O4S. The Labute approximate surface area is 245 Å². The summed E-state index contributed by atoms with van der Waals surface area (Å²) in [6.07, 6.45) is -0.282. The van der Waals surface area contributed by atoms with Gasteiger partial charge in [0, 0.05) is 16.3 Å². The van der Waals surface area contributed by atoms with Crippen molar-refractivity contribution >= 4 is 58.4 Å². The van der Waals surface area contributed by atoms with Gasteiger partial charge in [-0.15, -0.1) is 10.2 Å². The molecule has 0 radical (unpaired) electrons. The predicted octanol–water partition coefficient (Wildman–Crippen LogP) is 5.80. The van der Waals surface area contributed by atoms with Crippen LogP contribution < -0.4 is 10.6 Å². The van der Waals surface area contributed by atoms with Gasteiger partial charge in [0.2, 0.25) is 5.91 Å².